The SMILES string of the molecule is Nc1cc2c(=O)c(N)c(-c3c(N)c(N)c(N)c(N)c3N)oc2c(N)c1N. The Morgan fingerprint density at radius 2 is 1.12 bits per heavy atom. The number of fused-ring (bicyclic) bond motifs is 1. The quantitative estimate of drug-likeness (QED) is 0.255. The summed E-state index contributed by atoms with van der Waals surface area (Å²) < 4.78 is 5.74. The summed E-state index contributed by atoms with van der Waals surface area (Å²) in [6.45, 7) is 0. The van der Waals surface area contributed by atoms with Gasteiger partial charge >= 0.3 is 0 Å². The second kappa shape index (κ2) is 5.17. The first-order valence-electron chi connectivity index (χ1n) is 7.29. The fourth-order valence-corrected chi connectivity index (χ4v) is 2.69. The van der Waals surface area contributed by atoms with Gasteiger partial charge in [0.25, 0.3) is 0 Å². The Hall–Kier alpha value is -4.15. The maximum absolute atomic E-state index is 12.7. The number of hydrogen-bond donors (Lipinski definition) is 9. The Labute approximate surface area is 146 Å². The zero-order valence-corrected chi connectivity index (χ0v) is 13.6. The lowest BCUT2D eigenvalue weighted by Gasteiger charge is -2.18. The number of rotatable bonds is 1. The Morgan fingerprint density at radius 1 is 0.615 bits per heavy atom. The van der Waals surface area contributed by atoms with Gasteiger partial charge in [0.2, 0.25) is 5.43 Å². The minimum Gasteiger partial charge on any atom is -0.451 e. The zero-order valence-electron chi connectivity index (χ0n) is 13.6. The van der Waals surface area contributed by atoms with Crippen molar-refractivity contribution in [3.05, 3.63) is 16.3 Å². The van der Waals surface area contributed by atoms with E-state index in [1.165, 1.54) is 6.07 Å². The summed E-state index contributed by atoms with van der Waals surface area (Å²) in [5, 5.41) is 0.0592. The topological polar surface area (TPSA) is 264 Å². The average Bonchev–Trinajstić information content (AvgIpc) is 2.61. The molecule has 0 radical (unpaired) electrons. The van der Waals surface area contributed by atoms with Crippen LogP contribution in [0, 0.1) is 0 Å². The third-order valence-electron chi connectivity index (χ3n) is 4.25. The molecule has 18 N–H and O–H groups in total. The molecule has 2 aromatic carbocycles. The normalized spacial score (nSPS) is 11.1. The lowest BCUT2D eigenvalue weighted by molar-refractivity contribution is 0.623. The van der Waals surface area contributed by atoms with Gasteiger partial charge in [0, 0.05) is 0 Å². The molecule has 0 saturated carbocycles. The van der Waals surface area contributed by atoms with E-state index < -0.39 is 5.43 Å². The number of nitrogens with two attached hydrogens (primary N) is 9. The van der Waals surface area contributed by atoms with Crippen molar-refractivity contribution in [3.8, 4) is 11.3 Å². The molecule has 0 saturated heterocycles. The maximum atomic E-state index is 12.7. The molecule has 11 heteroatoms. The van der Waals surface area contributed by atoms with Gasteiger partial charge in [-0.05, 0) is 6.07 Å². The molecule has 136 valence electrons. The van der Waals surface area contributed by atoms with E-state index in [1.807, 2.05) is 0 Å². The zero-order chi connectivity index (χ0) is 19.5. The van der Waals surface area contributed by atoms with E-state index in [2.05, 4.69) is 0 Å². The first kappa shape index (κ1) is 16.7. The van der Waals surface area contributed by atoms with Crippen LogP contribution in [0.5, 0.6) is 0 Å². The summed E-state index contributed by atoms with van der Waals surface area (Å²) >= 11 is 0. The van der Waals surface area contributed by atoms with Crippen LogP contribution < -0.4 is 57.0 Å². The molecule has 0 amide bonds. The molecule has 26 heavy (non-hydrogen) atoms. The standard InChI is InChI=1S/C15H19N9O2/c16-3-1-2-13(25)12(24)15(26-14(2)11(23)5(3)17)4-6(18)8(20)10(22)9(21)7(4)19/h1H,16-24H2. The highest BCUT2D eigenvalue weighted by atomic mass is 16.3. The van der Waals surface area contributed by atoms with Gasteiger partial charge in [0.15, 0.2) is 11.3 Å². The van der Waals surface area contributed by atoms with Crippen LogP contribution in [0.4, 0.5) is 51.2 Å². The number of anilines is 9. The summed E-state index contributed by atoms with van der Waals surface area (Å²) in [6, 6.07) is 1.32. The van der Waals surface area contributed by atoms with Crippen molar-refractivity contribution in [2.24, 2.45) is 0 Å². The van der Waals surface area contributed by atoms with Crippen LogP contribution in [-0.4, -0.2) is 0 Å². The molecule has 0 unspecified atom stereocenters. The molecule has 0 spiro atoms. The van der Waals surface area contributed by atoms with E-state index in [-0.39, 0.29) is 73.5 Å². The maximum Gasteiger partial charge on any atom is 0.216 e. The molecule has 3 aromatic rings. The molecule has 0 bridgehead atoms. The Balaban J connectivity index is 2.53. The van der Waals surface area contributed by atoms with Crippen LogP contribution in [0.2, 0.25) is 0 Å². The third kappa shape index (κ3) is 1.97. The van der Waals surface area contributed by atoms with Crippen molar-refractivity contribution in [1.29, 1.82) is 0 Å². The molecule has 0 atom stereocenters. The minimum atomic E-state index is -0.590. The van der Waals surface area contributed by atoms with Gasteiger partial charge in [-0.2, -0.15) is 0 Å². The number of nitrogen functional groups attached to an aromatic ring is 9. The smallest absolute Gasteiger partial charge is 0.216 e. The first-order valence-corrected chi connectivity index (χ1v) is 7.29. The third-order valence-corrected chi connectivity index (χ3v) is 4.25. The van der Waals surface area contributed by atoms with E-state index in [0.717, 1.165) is 0 Å². The van der Waals surface area contributed by atoms with Crippen LogP contribution in [0.15, 0.2) is 15.3 Å². The second-order valence-corrected chi connectivity index (χ2v) is 5.79. The van der Waals surface area contributed by atoms with E-state index in [9.17, 15) is 4.79 Å². The fraction of sp³-hybridized carbons (Fsp3) is 0. The summed E-state index contributed by atoms with van der Waals surface area (Å²) in [6.07, 6.45) is 0. The summed E-state index contributed by atoms with van der Waals surface area (Å²) in [5.74, 6) is -0.147. The van der Waals surface area contributed by atoms with Gasteiger partial charge in [0.05, 0.1) is 50.8 Å². The largest absolute Gasteiger partial charge is 0.451 e. The molecular formula is C15H19N9O2. The van der Waals surface area contributed by atoms with Crippen molar-refractivity contribution >= 4 is 62.2 Å². The van der Waals surface area contributed by atoms with Crippen LogP contribution in [0.1, 0.15) is 0 Å². The first-order chi connectivity index (χ1) is 12.1. The highest BCUT2D eigenvalue weighted by Gasteiger charge is 2.24. The summed E-state index contributed by atoms with van der Waals surface area (Å²) in [5.41, 5.74) is 52.2. The lowest BCUT2D eigenvalue weighted by Crippen LogP contribution is -2.15. The van der Waals surface area contributed by atoms with Crippen LogP contribution in [0.3, 0.4) is 0 Å². The number of hydrogen-bond acceptors (Lipinski definition) is 11. The van der Waals surface area contributed by atoms with Gasteiger partial charge in [-0.3, -0.25) is 4.79 Å². The molecule has 1 heterocycles. The molecule has 0 fully saturated rings. The Bertz CT molecular complexity index is 1120. The van der Waals surface area contributed by atoms with Crippen molar-refractivity contribution in [2.75, 3.05) is 51.6 Å². The van der Waals surface area contributed by atoms with Gasteiger partial charge in [-0.15, -0.1) is 0 Å². The van der Waals surface area contributed by atoms with Crippen molar-refractivity contribution in [3.63, 3.8) is 0 Å². The van der Waals surface area contributed by atoms with Gasteiger partial charge in [-0.1, -0.05) is 0 Å². The lowest BCUT2D eigenvalue weighted by atomic mass is 10.0. The molecule has 1 aromatic heterocycles. The van der Waals surface area contributed by atoms with E-state index in [0.29, 0.717) is 0 Å². The molecule has 0 aliphatic carbocycles. The molecule has 11 nitrogen and oxygen atoms in total. The molecular weight excluding hydrogens is 338 g/mol. The minimum absolute atomic E-state index is 0.0151. The highest BCUT2D eigenvalue weighted by molar-refractivity contribution is 6.08. The van der Waals surface area contributed by atoms with E-state index >= 15 is 0 Å². The van der Waals surface area contributed by atoms with Crippen molar-refractivity contribution < 1.29 is 4.42 Å². The monoisotopic (exact) mass is 357 g/mol. The van der Waals surface area contributed by atoms with Gasteiger partial charge in [-0.25, -0.2) is 0 Å². The second-order valence-electron chi connectivity index (χ2n) is 5.79. The highest BCUT2D eigenvalue weighted by Crippen LogP contribution is 2.46. The van der Waals surface area contributed by atoms with Crippen LogP contribution in [0.25, 0.3) is 22.3 Å². The Kier molecular flexibility index (Phi) is 3.32. The van der Waals surface area contributed by atoms with Gasteiger partial charge in [0.1, 0.15) is 11.4 Å². The van der Waals surface area contributed by atoms with Crippen molar-refractivity contribution in [1.82, 2.24) is 0 Å². The average molecular weight is 357 g/mol. The predicted molar refractivity (Wildman–Crippen MR) is 108 cm³/mol. The van der Waals surface area contributed by atoms with E-state index in [1.54, 1.807) is 0 Å². The van der Waals surface area contributed by atoms with Crippen LogP contribution in [-0.2, 0) is 0 Å². The summed E-state index contributed by atoms with van der Waals surface area (Å²) in [7, 11) is 0. The van der Waals surface area contributed by atoms with Crippen molar-refractivity contribution in [2.45, 2.75) is 0 Å². The number of benzene rings is 2. The molecule has 3 rings (SSSR count). The molecule has 0 aliphatic heterocycles. The fourth-order valence-electron chi connectivity index (χ4n) is 2.69. The van der Waals surface area contributed by atoms with E-state index in [4.69, 9.17) is 56.0 Å². The van der Waals surface area contributed by atoms with Crippen LogP contribution >= 0.6 is 0 Å². The Morgan fingerprint density at radius 3 is 1.65 bits per heavy atom. The predicted octanol–water partition coefficient (Wildman–Crippen LogP) is -0.300. The van der Waals surface area contributed by atoms with Gasteiger partial charge < -0.3 is 56.0 Å². The summed E-state index contributed by atoms with van der Waals surface area (Å²) in [4.78, 5) is 12.7. The molecule has 0 aliphatic rings.